The van der Waals surface area contributed by atoms with Crippen molar-refractivity contribution in [2.75, 3.05) is 0 Å². The standard InChI is InChI=1S/C66H43NS/c1-4-19-44(20-5-1)39-59(55-34-17-26-46-24-11-13-31-53(46)55)60-41-50(58(47-21-6-2-7-22-47)40-48-27-16-25-45-23-10-12-30-52(45)48)42-61-65-54(33-18-36-64(65)68-66(60)61)49-37-38-57-56-32-14-15-35-62(56)67(63(57)43-49)51-28-8-3-9-29-51/h1-43H/b58-40+,59-39-. The van der Waals surface area contributed by atoms with Crippen LogP contribution in [-0.2, 0) is 0 Å². The molecule has 0 aliphatic heterocycles. The first-order valence-electron chi connectivity index (χ1n) is 23.3. The third kappa shape index (κ3) is 6.85. The molecule has 0 saturated carbocycles. The molecule has 13 rings (SSSR count). The van der Waals surface area contributed by atoms with Crippen LogP contribution < -0.4 is 0 Å². The van der Waals surface area contributed by atoms with Gasteiger partial charge in [0.25, 0.3) is 0 Å². The normalized spacial score (nSPS) is 12.3. The molecule has 0 aliphatic rings. The van der Waals surface area contributed by atoms with Crippen molar-refractivity contribution >= 4 is 98.2 Å². The van der Waals surface area contributed by atoms with E-state index in [0.29, 0.717) is 0 Å². The molecule has 0 saturated heterocycles. The molecule has 2 heteroatoms. The molecule has 0 aliphatic carbocycles. The van der Waals surface area contributed by atoms with E-state index in [4.69, 9.17) is 0 Å². The first-order valence-corrected chi connectivity index (χ1v) is 24.1. The summed E-state index contributed by atoms with van der Waals surface area (Å²) in [7, 11) is 0. The van der Waals surface area contributed by atoms with Gasteiger partial charge in [-0.3, -0.25) is 0 Å². The largest absolute Gasteiger partial charge is 0.309 e. The topological polar surface area (TPSA) is 4.93 Å². The summed E-state index contributed by atoms with van der Waals surface area (Å²) in [6.45, 7) is 0. The molecule has 318 valence electrons. The number of fused-ring (bicyclic) bond motifs is 8. The molecule has 0 unspecified atom stereocenters. The first kappa shape index (κ1) is 39.8. The van der Waals surface area contributed by atoms with Crippen molar-refractivity contribution in [1.82, 2.24) is 4.57 Å². The molecule has 0 bridgehead atoms. The highest BCUT2D eigenvalue weighted by Gasteiger charge is 2.22. The minimum Gasteiger partial charge on any atom is -0.309 e. The predicted octanol–water partition coefficient (Wildman–Crippen LogP) is 18.3. The van der Waals surface area contributed by atoms with Gasteiger partial charge >= 0.3 is 0 Å². The second-order valence-corrected chi connectivity index (χ2v) is 18.6. The highest BCUT2D eigenvalue weighted by Crippen LogP contribution is 2.48. The summed E-state index contributed by atoms with van der Waals surface area (Å²) in [5.74, 6) is 0. The van der Waals surface area contributed by atoms with Gasteiger partial charge in [-0.2, -0.15) is 0 Å². The Bertz CT molecular complexity index is 4100. The van der Waals surface area contributed by atoms with Crippen molar-refractivity contribution in [3.05, 3.63) is 282 Å². The number of nitrogens with zero attached hydrogens (tertiary/aromatic N) is 1. The van der Waals surface area contributed by atoms with Crippen LogP contribution in [-0.4, -0.2) is 4.57 Å². The van der Waals surface area contributed by atoms with Gasteiger partial charge in [0.1, 0.15) is 0 Å². The minimum absolute atomic E-state index is 1.15. The van der Waals surface area contributed by atoms with Crippen LogP contribution >= 0.6 is 11.3 Å². The van der Waals surface area contributed by atoms with Gasteiger partial charge in [-0.15, -0.1) is 11.3 Å². The zero-order valence-corrected chi connectivity index (χ0v) is 38.0. The van der Waals surface area contributed by atoms with Crippen molar-refractivity contribution in [2.45, 2.75) is 0 Å². The molecule has 11 aromatic carbocycles. The van der Waals surface area contributed by atoms with Crippen LogP contribution in [0.25, 0.3) is 104 Å². The van der Waals surface area contributed by atoms with Gasteiger partial charge in [0, 0.05) is 42.2 Å². The zero-order chi connectivity index (χ0) is 45.0. The van der Waals surface area contributed by atoms with Crippen molar-refractivity contribution in [2.24, 2.45) is 0 Å². The molecule has 0 radical (unpaired) electrons. The van der Waals surface area contributed by atoms with Crippen LogP contribution in [0.2, 0.25) is 0 Å². The first-order chi connectivity index (χ1) is 33.7. The molecule has 2 aromatic heterocycles. The van der Waals surface area contributed by atoms with E-state index < -0.39 is 0 Å². The Labute approximate surface area is 399 Å². The number of para-hydroxylation sites is 2. The SMILES string of the molecule is C(=C(\c1cccc2ccccc12)c1cc(/C(=C/c2cccc3ccccc23)c2ccccc2)cc2c1sc1cccc(-c3ccc4c5ccccc5n(-c5ccccc5)c4c3)c12)/c1ccccc1. The Morgan fingerprint density at radius 3 is 1.82 bits per heavy atom. The maximum absolute atomic E-state index is 2.48. The molecule has 0 amide bonds. The number of aromatic nitrogens is 1. The van der Waals surface area contributed by atoms with Crippen LogP contribution in [0, 0.1) is 0 Å². The monoisotopic (exact) mass is 881 g/mol. The Balaban J connectivity index is 1.14. The van der Waals surface area contributed by atoms with Gasteiger partial charge in [0.15, 0.2) is 0 Å². The fraction of sp³-hybridized carbons (Fsp3) is 0. The molecular formula is C66H43NS. The summed E-state index contributed by atoms with van der Waals surface area (Å²) in [5.41, 5.74) is 15.4. The second kappa shape index (κ2) is 16.7. The van der Waals surface area contributed by atoms with E-state index >= 15 is 0 Å². The molecule has 2 heterocycles. The Morgan fingerprint density at radius 1 is 0.382 bits per heavy atom. The Hall–Kier alpha value is -8.56. The van der Waals surface area contributed by atoms with Gasteiger partial charge in [0.2, 0.25) is 0 Å². The molecule has 68 heavy (non-hydrogen) atoms. The van der Waals surface area contributed by atoms with Crippen molar-refractivity contribution < 1.29 is 0 Å². The summed E-state index contributed by atoms with van der Waals surface area (Å²) < 4.78 is 4.95. The summed E-state index contributed by atoms with van der Waals surface area (Å²) in [4.78, 5) is 0. The summed E-state index contributed by atoms with van der Waals surface area (Å²) in [5, 5.41) is 9.93. The summed E-state index contributed by atoms with van der Waals surface area (Å²) in [6.07, 6.45) is 4.81. The summed E-state index contributed by atoms with van der Waals surface area (Å²) in [6, 6.07) is 91.1. The zero-order valence-electron chi connectivity index (χ0n) is 37.2. The molecule has 0 atom stereocenters. The fourth-order valence-electron chi connectivity index (χ4n) is 10.5. The van der Waals surface area contributed by atoms with Crippen LogP contribution in [0.5, 0.6) is 0 Å². The van der Waals surface area contributed by atoms with E-state index in [-0.39, 0.29) is 0 Å². The molecule has 13 aromatic rings. The lowest BCUT2D eigenvalue weighted by atomic mass is 9.86. The highest BCUT2D eigenvalue weighted by molar-refractivity contribution is 7.26. The van der Waals surface area contributed by atoms with Gasteiger partial charge < -0.3 is 4.57 Å². The molecule has 1 nitrogen and oxygen atoms in total. The maximum Gasteiger partial charge on any atom is 0.0547 e. The number of rotatable bonds is 8. The average molecular weight is 882 g/mol. The second-order valence-electron chi connectivity index (χ2n) is 17.6. The lowest BCUT2D eigenvalue weighted by molar-refractivity contribution is 1.18. The number of benzene rings is 11. The van der Waals surface area contributed by atoms with Crippen molar-refractivity contribution in [3.63, 3.8) is 0 Å². The molecule has 0 fully saturated rings. The fourth-order valence-corrected chi connectivity index (χ4v) is 11.7. The lowest BCUT2D eigenvalue weighted by Gasteiger charge is -2.17. The minimum atomic E-state index is 1.15. The third-order valence-corrected chi connectivity index (χ3v) is 14.8. The van der Waals surface area contributed by atoms with E-state index in [0.717, 1.165) is 11.3 Å². The van der Waals surface area contributed by atoms with Crippen LogP contribution in [0.1, 0.15) is 33.4 Å². The van der Waals surface area contributed by atoms with Crippen molar-refractivity contribution in [1.29, 1.82) is 0 Å². The van der Waals surface area contributed by atoms with Gasteiger partial charge in [0.05, 0.1) is 11.0 Å². The van der Waals surface area contributed by atoms with Gasteiger partial charge in [-0.25, -0.2) is 0 Å². The van der Waals surface area contributed by atoms with Crippen molar-refractivity contribution in [3.8, 4) is 16.8 Å². The van der Waals surface area contributed by atoms with E-state index in [2.05, 4.69) is 265 Å². The lowest BCUT2D eigenvalue weighted by Crippen LogP contribution is -1.95. The molecule has 0 N–H and O–H groups in total. The molecular weight excluding hydrogens is 839 g/mol. The average Bonchev–Trinajstić information content (AvgIpc) is 3.96. The number of thiophene rings is 1. The number of hydrogen-bond donors (Lipinski definition) is 0. The molecule has 0 spiro atoms. The van der Waals surface area contributed by atoms with E-state index in [1.165, 1.54) is 114 Å². The Morgan fingerprint density at radius 2 is 1.01 bits per heavy atom. The number of hydrogen-bond acceptors (Lipinski definition) is 1. The summed E-state index contributed by atoms with van der Waals surface area (Å²) >= 11 is 1.90. The van der Waals surface area contributed by atoms with E-state index in [1.807, 2.05) is 11.3 Å². The maximum atomic E-state index is 2.48. The quantitative estimate of drug-likeness (QED) is 0.134. The van der Waals surface area contributed by atoms with Crippen LogP contribution in [0.15, 0.2) is 249 Å². The smallest absolute Gasteiger partial charge is 0.0547 e. The Kier molecular flexibility index (Phi) is 9.77. The predicted molar refractivity (Wildman–Crippen MR) is 294 cm³/mol. The van der Waals surface area contributed by atoms with Crippen LogP contribution in [0.4, 0.5) is 0 Å². The highest BCUT2D eigenvalue weighted by atomic mass is 32.1. The van der Waals surface area contributed by atoms with Gasteiger partial charge in [-0.1, -0.05) is 206 Å². The van der Waals surface area contributed by atoms with Gasteiger partial charge in [-0.05, 0) is 126 Å². The van der Waals surface area contributed by atoms with E-state index in [1.54, 1.807) is 0 Å². The third-order valence-electron chi connectivity index (χ3n) is 13.6. The van der Waals surface area contributed by atoms with Crippen LogP contribution in [0.3, 0.4) is 0 Å². The van der Waals surface area contributed by atoms with E-state index in [9.17, 15) is 0 Å².